The summed E-state index contributed by atoms with van der Waals surface area (Å²) in [5.74, 6) is -0.204. The van der Waals surface area contributed by atoms with E-state index in [0.29, 0.717) is 6.54 Å². The van der Waals surface area contributed by atoms with Gasteiger partial charge in [-0.05, 0) is 47.3 Å². The number of halogens is 1. The maximum absolute atomic E-state index is 13.0. The summed E-state index contributed by atoms with van der Waals surface area (Å²) in [6, 6.07) is 14.7. The van der Waals surface area contributed by atoms with Crippen molar-refractivity contribution in [1.82, 2.24) is 9.88 Å². The van der Waals surface area contributed by atoms with Gasteiger partial charge in [-0.15, -0.1) is 0 Å². The second kappa shape index (κ2) is 6.86. The van der Waals surface area contributed by atoms with Crippen LogP contribution in [-0.4, -0.2) is 47.7 Å². The third-order valence-electron chi connectivity index (χ3n) is 4.96. The minimum atomic E-state index is -0.495. The van der Waals surface area contributed by atoms with Crippen LogP contribution < -0.4 is 4.90 Å². The number of benzene rings is 2. The summed E-state index contributed by atoms with van der Waals surface area (Å²) in [6.45, 7) is 4.17. The Bertz CT molecular complexity index is 838. The molecule has 130 valence electrons. The van der Waals surface area contributed by atoms with Crippen molar-refractivity contribution in [3.63, 3.8) is 0 Å². The number of H-pyrrole nitrogens is 1. The van der Waals surface area contributed by atoms with Gasteiger partial charge in [0.2, 0.25) is 0 Å². The molecular formula is C20H22FN3O. The van der Waals surface area contributed by atoms with Gasteiger partial charge in [0.15, 0.2) is 0 Å². The predicted molar refractivity (Wildman–Crippen MR) is 98.3 cm³/mol. The summed E-state index contributed by atoms with van der Waals surface area (Å²) in [5.41, 5.74) is 3.05. The molecule has 4 rings (SSSR count). The number of aliphatic hydroxyl groups excluding tert-OH is 1. The molecule has 25 heavy (non-hydrogen) atoms. The SMILES string of the molecule is O[C@H](CN1CCN(c2ccc(F)cc2)CC1)c1ccc2cc[nH]c2c1. The Kier molecular flexibility index (Phi) is 4.42. The highest BCUT2D eigenvalue weighted by molar-refractivity contribution is 5.79. The van der Waals surface area contributed by atoms with Crippen molar-refractivity contribution in [3.05, 3.63) is 66.1 Å². The number of anilines is 1. The third-order valence-corrected chi connectivity index (χ3v) is 4.96. The van der Waals surface area contributed by atoms with Crippen LogP contribution in [0.15, 0.2) is 54.7 Å². The zero-order valence-corrected chi connectivity index (χ0v) is 14.0. The first kappa shape index (κ1) is 16.1. The summed E-state index contributed by atoms with van der Waals surface area (Å²) in [4.78, 5) is 7.73. The van der Waals surface area contributed by atoms with Crippen molar-refractivity contribution in [3.8, 4) is 0 Å². The quantitative estimate of drug-likeness (QED) is 0.767. The fraction of sp³-hybridized carbons (Fsp3) is 0.300. The van der Waals surface area contributed by atoms with Gasteiger partial charge in [-0.2, -0.15) is 0 Å². The summed E-state index contributed by atoms with van der Waals surface area (Å²) in [6.07, 6.45) is 1.42. The van der Waals surface area contributed by atoms with Crippen LogP contribution in [0.4, 0.5) is 10.1 Å². The average Bonchev–Trinajstić information content (AvgIpc) is 3.11. The zero-order chi connectivity index (χ0) is 17.2. The second-order valence-corrected chi connectivity index (χ2v) is 6.60. The highest BCUT2D eigenvalue weighted by Crippen LogP contribution is 2.22. The van der Waals surface area contributed by atoms with Crippen LogP contribution in [0.25, 0.3) is 10.9 Å². The van der Waals surface area contributed by atoms with Crippen LogP contribution in [0.3, 0.4) is 0 Å². The van der Waals surface area contributed by atoms with Crippen LogP contribution in [0, 0.1) is 5.82 Å². The molecule has 4 nitrogen and oxygen atoms in total. The number of rotatable bonds is 4. The topological polar surface area (TPSA) is 42.5 Å². The number of aromatic nitrogens is 1. The fourth-order valence-electron chi connectivity index (χ4n) is 3.46. The first-order valence-electron chi connectivity index (χ1n) is 8.67. The number of hydrogen-bond donors (Lipinski definition) is 2. The molecule has 1 aromatic heterocycles. The second-order valence-electron chi connectivity index (χ2n) is 6.60. The Morgan fingerprint density at radius 3 is 2.52 bits per heavy atom. The maximum Gasteiger partial charge on any atom is 0.123 e. The largest absolute Gasteiger partial charge is 0.387 e. The first-order valence-corrected chi connectivity index (χ1v) is 8.67. The molecule has 1 aliphatic heterocycles. The molecular weight excluding hydrogens is 317 g/mol. The third kappa shape index (κ3) is 3.52. The number of fused-ring (bicyclic) bond motifs is 1. The number of aliphatic hydroxyl groups is 1. The van der Waals surface area contributed by atoms with Gasteiger partial charge in [0.1, 0.15) is 5.82 Å². The van der Waals surface area contributed by atoms with E-state index in [4.69, 9.17) is 0 Å². The lowest BCUT2D eigenvalue weighted by molar-refractivity contribution is 0.109. The molecule has 0 saturated carbocycles. The summed E-state index contributed by atoms with van der Waals surface area (Å²) >= 11 is 0. The molecule has 2 N–H and O–H groups in total. The fourth-order valence-corrected chi connectivity index (χ4v) is 3.46. The molecule has 0 amide bonds. The van der Waals surface area contributed by atoms with E-state index in [1.165, 1.54) is 12.1 Å². The van der Waals surface area contributed by atoms with Crippen LogP contribution in [0.1, 0.15) is 11.7 Å². The van der Waals surface area contributed by atoms with Crippen LogP contribution in [0.2, 0.25) is 0 Å². The molecule has 1 aliphatic rings. The molecule has 1 saturated heterocycles. The molecule has 3 aromatic rings. The highest BCUT2D eigenvalue weighted by atomic mass is 19.1. The molecule has 0 radical (unpaired) electrons. The summed E-state index contributed by atoms with van der Waals surface area (Å²) in [7, 11) is 0. The van der Waals surface area contributed by atoms with Crippen molar-refractivity contribution in [2.24, 2.45) is 0 Å². The van der Waals surface area contributed by atoms with Crippen LogP contribution >= 0.6 is 0 Å². The molecule has 2 heterocycles. The number of nitrogens with zero attached hydrogens (tertiary/aromatic N) is 2. The van der Waals surface area contributed by atoms with Gasteiger partial charge in [0, 0.05) is 50.1 Å². The van der Waals surface area contributed by atoms with Gasteiger partial charge in [-0.25, -0.2) is 4.39 Å². The normalized spacial score (nSPS) is 17.1. The lowest BCUT2D eigenvalue weighted by Gasteiger charge is -2.37. The number of piperazine rings is 1. The minimum absolute atomic E-state index is 0.204. The Morgan fingerprint density at radius 1 is 1.00 bits per heavy atom. The number of hydrogen-bond acceptors (Lipinski definition) is 3. The molecule has 0 aliphatic carbocycles. The molecule has 0 bridgehead atoms. The number of nitrogens with one attached hydrogen (secondary N) is 1. The van der Waals surface area contributed by atoms with E-state index in [9.17, 15) is 9.50 Å². The maximum atomic E-state index is 13.0. The van der Waals surface area contributed by atoms with Crippen molar-refractivity contribution < 1.29 is 9.50 Å². The molecule has 1 fully saturated rings. The van der Waals surface area contributed by atoms with Crippen LogP contribution in [0.5, 0.6) is 0 Å². The lowest BCUT2D eigenvalue weighted by Crippen LogP contribution is -2.47. The Morgan fingerprint density at radius 2 is 1.76 bits per heavy atom. The molecule has 2 aromatic carbocycles. The van der Waals surface area contributed by atoms with E-state index in [1.54, 1.807) is 0 Å². The standard InChI is InChI=1S/C20H22FN3O/c21-17-3-5-18(6-4-17)24-11-9-23(10-12-24)14-20(25)16-2-1-15-7-8-22-19(15)13-16/h1-8,13,20,22,25H,9-12,14H2/t20-/m1/s1. The smallest absolute Gasteiger partial charge is 0.123 e. The summed E-state index contributed by atoms with van der Waals surface area (Å²) < 4.78 is 13.0. The van der Waals surface area contributed by atoms with Crippen molar-refractivity contribution in [1.29, 1.82) is 0 Å². The van der Waals surface area contributed by atoms with Crippen molar-refractivity contribution in [2.45, 2.75) is 6.10 Å². The van der Waals surface area contributed by atoms with E-state index in [2.05, 4.69) is 14.8 Å². The van der Waals surface area contributed by atoms with Gasteiger partial charge in [0.25, 0.3) is 0 Å². The van der Waals surface area contributed by atoms with Gasteiger partial charge in [-0.1, -0.05) is 12.1 Å². The highest BCUT2D eigenvalue weighted by Gasteiger charge is 2.20. The number of aromatic amines is 1. The monoisotopic (exact) mass is 339 g/mol. The molecule has 5 heteroatoms. The molecule has 0 spiro atoms. The van der Waals surface area contributed by atoms with Gasteiger partial charge >= 0.3 is 0 Å². The lowest BCUT2D eigenvalue weighted by atomic mass is 10.1. The van der Waals surface area contributed by atoms with Crippen molar-refractivity contribution >= 4 is 16.6 Å². The van der Waals surface area contributed by atoms with E-state index >= 15 is 0 Å². The minimum Gasteiger partial charge on any atom is -0.387 e. The van der Waals surface area contributed by atoms with E-state index in [1.807, 2.05) is 42.6 Å². The van der Waals surface area contributed by atoms with Gasteiger partial charge < -0.3 is 15.0 Å². The molecule has 1 atom stereocenters. The Balaban J connectivity index is 1.35. The first-order chi connectivity index (χ1) is 12.2. The van der Waals surface area contributed by atoms with Gasteiger partial charge in [0.05, 0.1) is 6.10 Å². The average molecular weight is 339 g/mol. The van der Waals surface area contributed by atoms with E-state index in [0.717, 1.165) is 48.3 Å². The summed E-state index contributed by atoms with van der Waals surface area (Å²) in [5, 5.41) is 11.7. The van der Waals surface area contributed by atoms with E-state index in [-0.39, 0.29) is 5.82 Å². The van der Waals surface area contributed by atoms with Gasteiger partial charge in [-0.3, -0.25) is 4.90 Å². The Hall–Kier alpha value is -2.37. The number of β-amino-alcohol motifs (C(OH)–C–C–N with tert-alkyl or cyclic N) is 1. The molecule has 0 unspecified atom stereocenters. The predicted octanol–water partition coefficient (Wildman–Crippen LogP) is 3.16. The Labute approximate surface area is 146 Å². The van der Waals surface area contributed by atoms with E-state index < -0.39 is 6.10 Å². The van der Waals surface area contributed by atoms with Crippen molar-refractivity contribution in [2.75, 3.05) is 37.6 Å². The zero-order valence-electron chi connectivity index (χ0n) is 14.0. The van der Waals surface area contributed by atoms with Crippen LogP contribution in [-0.2, 0) is 0 Å².